The molecular formula is C17H24BrNO4S. The molecule has 0 saturated heterocycles. The molecule has 1 aliphatic carbocycles. The van der Waals surface area contributed by atoms with E-state index in [-0.39, 0.29) is 16.6 Å². The molecule has 134 valence electrons. The van der Waals surface area contributed by atoms with Crippen molar-refractivity contribution in [2.45, 2.75) is 55.9 Å². The fourth-order valence-corrected chi connectivity index (χ4v) is 4.62. The number of sulfonamides is 1. The van der Waals surface area contributed by atoms with Crippen molar-refractivity contribution < 1.29 is 17.9 Å². The summed E-state index contributed by atoms with van der Waals surface area (Å²) in [4.78, 5) is 12.5. The highest BCUT2D eigenvalue weighted by atomic mass is 79.9. The molecule has 0 N–H and O–H groups in total. The molecule has 1 aromatic carbocycles. The maximum Gasteiger partial charge on any atom is 0.338 e. The third-order valence-corrected chi connectivity index (χ3v) is 7.06. The van der Waals surface area contributed by atoms with Gasteiger partial charge < -0.3 is 4.74 Å². The maximum atomic E-state index is 12.4. The average molecular weight is 418 g/mol. The van der Waals surface area contributed by atoms with Gasteiger partial charge in [0, 0.05) is 18.6 Å². The number of carbonyl (C=O) groups excluding carboxylic acids is 1. The lowest BCUT2D eigenvalue weighted by atomic mass is 9.98. The number of nitrogens with zero attached hydrogens (tertiary/aromatic N) is 1. The molecule has 7 heteroatoms. The van der Waals surface area contributed by atoms with Crippen molar-refractivity contribution >= 4 is 31.9 Å². The summed E-state index contributed by atoms with van der Waals surface area (Å²) in [5, 5.41) is 0. The minimum absolute atomic E-state index is 0.0691. The largest absolute Gasteiger partial charge is 0.459 e. The van der Waals surface area contributed by atoms with Crippen molar-refractivity contribution in [3.05, 3.63) is 28.2 Å². The van der Waals surface area contributed by atoms with Gasteiger partial charge in [-0.2, -0.15) is 0 Å². The van der Waals surface area contributed by atoms with E-state index in [1.54, 1.807) is 12.1 Å². The third-order valence-electron chi connectivity index (χ3n) is 4.25. The normalized spacial score (nSPS) is 17.3. The fraction of sp³-hybridized carbons (Fsp3) is 0.588. The molecule has 1 aromatic rings. The van der Waals surface area contributed by atoms with Crippen LogP contribution in [0, 0.1) is 0 Å². The lowest BCUT2D eigenvalue weighted by molar-refractivity contribution is 0.0239. The standard InChI is InChI=1S/C17H24BrNO4S/c1-19(2)24(21,22)16-12-13(10-11-15(16)18)17(20)23-14-8-6-4-3-5-7-9-14/h10-12,14H,3-9H2,1-2H3. The second-order valence-corrected chi connectivity index (χ2v) is 9.28. The summed E-state index contributed by atoms with van der Waals surface area (Å²) in [5.74, 6) is -0.455. The summed E-state index contributed by atoms with van der Waals surface area (Å²) in [6.45, 7) is 0. The zero-order chi connectivity index (χ0) is 17.7. The first-order chi connectivity index (χ1) is 11.3. The molecule has 0 atom stereocenters. The van der Waals surface area contributed by atoms with Gasteiger partial charge in [0.1, 0.15) is 6.10 Å². The van der Waals surface area contributed by atoms with E-state index in [0.717, 1.165) is 30.0 Å². The fourth-order valence-electron chi connectivity index (χ4n) is 2.78. The number of carbonyl (C=O) groups is 1. The highest BCUT2D eigenvalue weighted by molar-refractivity contribution is 9.10. The van der Waals surface area contributed by atoms with Gasteiger partial charge >= 0.3 is 5.97 Å². The van der Waals surface area contributed by atoms with Gasteiger partial charge in [0.2, 0.25) is 10.0 Å². The molecule has 1 aliphatic rings. The molecule has 0 radical (unpaired) electrons. The first kappa shape index (κ1) is 19.4. The summed E-state index contributed by atoms with van der Waals surface area (Å²) < 4.78 is 31.9. The lowest BCUT2D eigenvalue weighted by Gasteiger charge is -2.20. The maximum absolute atomic E-state index is 12.4. The molecule has 24 heavy (non-hydrogen) atoms. The minimum atomic E-state index is -3.63. The van der Waals surface area contributed by atoms with Crippen molar-refractivity contribution in [3.8, 4) is 0 Å². The highest BCUT2D eigenvalue weighted by Gasteiger charge is 2.24. The number of esters is 1. The summed E-state index contributed by atoms with van der Waals surface area (Å²) >= 11 is 3.24. The van der Waals surface area contributed by atoms with Crippen LogP contribution < -0.4 is 0 Å². The van der Waals surface area contributed by atoms with Gasteiger partial charge in [0.05, 0.1) is 10.5 Å². The van der Waals surface area contributed by atoms with E-state index in [2.05, 4.69) is 15.9 Å². The van der Waals surface area contributed by atoms with Crippen LogP contribution in [0.2, 0.25) is 0 Å². The van der Waals surface area contributed by atoms with E-state index in [1.807, 2.05) is 0 Å². The highest BCUT2D eigenvalue weighted by Crippen LogP contribution is 2.26. The smallest absolute Gasteiger partial charge is 0.338 e. The molecule has 0 unspecified atom stereocenters. The second kappa shape index (κ2) is 8.45. The second-order valence-electron chi connectivity index (χ2n) is 6.31. The average Bonchev–Trinajstić information content (AvgIpc) is 2.49. The van der Waals surface area contributed by atoms with Gasteiger partial charge in [-0.15, -0.1) is 0 Å². The van der Waals surface area contributed by atoms with Gasteiger partial charge in [-0.05, 0) is 59.8 Å². The first-order valence-electron chi connectivity index (χ1n) is 8.25. The number of halogens is 1. The molecule has 2 rings (SSSR count). The molecule has 0 aliphatic heterocycles. The van der Waals surface area contributed by atoms with Crippen LogP contribution in [-0.4, -0.2) is 38.9 Å². The Morgan fingerprint density at radius 2 is 1.71 bits per heavy atom. The number of hydrogen-bond donors (Lipinski definition) is 0. The molecule has 1 saturated carbocycles. The molecule has 0 spiro atoms. The molecule has 0 bridgehead atoms. The molecule has 5 nitrogen and oxygen atoms in total. The van der Waals surface area contributed by atoms with Crippen LogP contribution in [0.3, 0.4) is 0 Å². The Morgan fingerprint density at radius 1 is 1.12 bits per heavy atom. The van der Waals surface area contributed by atoms with E-state index in [1.165, 1.54) is 39.4 Å². The van der Waals surface area contributed by atoms with Gasteiger partial charge in [-0.3, -0.25) is 0 Å². The predicted octanol–water partition coefficient (Wildman–Crippen LogP) is 3.97. The number of benzene rings is 1. The van der Waals surface area contributed by atoms with Crippen LogP contribution in [0.4, 0.5) is 0 Å². The zero-order valence-electron chi connectivity index (χ0n) is 14.1. The Labute approximate surface area is 152 Å². The van der Waals surface area contributed by atoms with Crippen molar-refractivity contribution in [2.75, 3.05) is 14.1 Å². The Morgan fingerprint density at radius 3 is 2.29 bits per heavy atom. The predicted molar refractivity (Wildman–Crippen MR) is 96.5 cm³/mol. The SMILES string of the molecule is CN(C)S(=O)(=O)c1cc(C(=O)OC2CCCCCCC2)ccc1Br. The van der Waals surface area contributed by atoms with Crippen LogP contribution in [0.25, 0.3) is 0 Å². The zero-order valence-corrected chi connectivity index (χ0v) is 16.5. The Bertz CT molecular complexity index is 680. The van der Waals surface area contributed by atoms with Gasteiger partial charge in [0.25, 0.3) is 0 Å². The Balaban J connectivity index is 2.18. The van der Waals surface area contributed by atoms with Gasteiger partial charge in [-0.1, -0.05) is 19.3 Å². The van der Waals surface area contributed by atoms with Crippen LogP contribution in [-0.2, 0) is 14.8 Å². The van der Waals surface area contributed by atoms with Crippen LogP contribution >= 0.6 is 15.9 Å². The Kier molecular flexibility index (Phi) is 6.83. The number of hydrogen-bond acceptors (Lipinski definition) is 4. The first-order valence-corrected chi connectivity index (χ1v) is 10.5. The number of ether oxygens (including phenoxy) is 1. The summed E-state index contributed by atoms with van der Waals surface area (Å²) in [6.07, 6.45) is 7.43. The summed E-state index contributed by atoms with van der Waals surface area (Å²) in [6, 6.07) is 4.54. The molecule has 1 fully saturated rings. The monoisotopic (exact) mass is 417 g/mol. The third kappa shape index (κ3) is 4.80. The summed E-state index contributed by atoms with van der Waals surface area (Å²) in [5.41, 5.74) is 0.265. The van der Waals surface area contributed by atoms with Crippen molar-refractivity contribution in [2.24, 2.45) is 0 Å². The topological polar surface area (TPSA) is 63.7 Å². The van der Waals surface area contributed by atoms with E-state index >= 15 is 0 Å². The molecule has 0 aromatic heterocycles. The van der Waals surface area contributed by atoms with E-state index in [0.29, 0.717) is 4.47 Å². The molecule has 0 heterocycles. The van der Waals surface area contributed by atoms with Crippen molar-refractivity contribution in [1.82, 2.24) is 4.31 Å². The van der Waals surface area contributed by atoms with Gasteiger partial charge in [0.15, 0.2) is 0 Å². The van der Waals surface area contributed by atoms with Crippen molar-refractivity contribution in [1.29, 1.82) is 0 Å². The van der Waals surface area contributed by atoms with Gasteiger partial charge in [-0.25, -0.2) is 17.5 Å². The van der Waals surface area contributed by atoms with Crippen LogP contribution in [0.5, 0.6) is 0 Å². The van der Waals surface area contributed by atoms with E-state index in [9.17, 15) is 13.2 Å². The van der Waals surface area contributed by atoms with Crippen LogP contribution in [0.15, 0.2) is 27.6 Å². The molecule has 0 amide bonds. The molecular weight excluding hydrogens is 394 g/mol. The lowest BCUT2D eigenvalue weighted by Crippen LogP contribution is -2.23. The summed E-state index contributed by atoms with van der Waals surface area (Å²) in [7, 11) is -0.709. The Hall–Kier alpha value is -0.920. The quantitative estimate of drug-likeness (QED) is 0.695. The van der Waals surface area contributed by atoms with E-state index in [4.69, 9.17) is 4.74 Å². The van der Waals surface area contributed by atoms with Crippen molar-refractivity contribution in [3.63, 3.8) is 0 Å². The van der Waals surface area contributed by atoms with E-state index < -0.39 is 16.0 Å². The van der Waals surface area contributed by atoms with Crippen LogP contribution in [0.1, 0.15) is 55.3 Å². The minimum Gasteiger partial charge on any atom is -0.459 e. The number of rotatable bonds is 4.